The highest BCUT2D eigenvalue weighted by Crippen LogP contribution is 2.11. The lowest BCUT2D eigenvalue weighted by molar-refractivity contribution is -0.126. The Labute approximate surface area is 122 Å². The van der Waals surface area contributed by atoms with Gasteiger partial charge in [0.25, 0.3) is 0 Å². The van der Waals surface area contributed by atoms with Crippen LogP contribution in [0.4, 0.5) is 10.5 Å². The molecule has 0 aliphatic rings. The Morgan fingerprint density at radius 1 is 1.29 bits per heavy atom. The highest BCUT2D eigenvalue weighted by atomic mass is 16.2. The number of nitrogens with two attached hydrogens (primary N) is 3. The molecule has 0 aromatic heterocycles. The number of nitrogen functional groups attached to an aromatic ring is 1. The number of rotatable bonds is 6. The molecule has 0 saturated heterocycles. The van der Waals surface area contributed by atoms with Gasteiger partial charge >= 0.3 is 6.03 Å². The van der Waals surface area contributed by atoms with E-state index in [1.165, 1.54) is 4.90 Å². The normalized spacial score (nSPS) is 11.9. The molecule has 7 N–H and O–H groups in total. The maximum atomic E-state index is 11.8. The van der Waals surface area contributed by atoms with Crippen molar-refractivity contribution in [2.45, 2.75) is 19.5 Å². The van der Waals surface area contributed by atoms with Crippen molar-refractivity contribution in [2.75, 3.05) is 12.3 Å². The van der Waals surface area contributed by atoms with Gasteiger partial charge in [0, 0.05) is 12.2 Å². The molecule has 4 amide bonds. The van der Waals surface area contributed by atoms with Crippen molar-refractivity contribution >= 4 is 23.5 Å². The highest BCUT2D eigenvalue weighted by molar-refractivity contribution is 5.96. The van der Waals surface area contributed by atoms with Gasteiger partial charge in [-0.05, 0) is 24.6 Å². The first kappa shape index (κ1) is 16.4. The Hall–Kier alpha value is -2.61. The predicted molar refractivity (Wildman–Crippen MR) is 77.6 cm³/mol. The van der Waals surface area contributed by atoms with Gasteiger partial charge in [0.2, 0.25) is 11.8 Å². The number of hydrogen-bond acceptors (Lipinski definition) is 5. The van der Waals surface area contributed by atoms with Gasteiger partial charge in [0.05, 0.1) is 12.6 Å². The van der Waals surface area contributed by atoms with Crippen LogP contribution in [0.25, 0.3) is 0 Å². The van der Waals surface area contributed by atoms with Crippen LogP contribution in [0.15, 0.2) is 24.3 Å². The van der Waals surface area contributed by atoms with E-state index in [1.807, 2.05) is 11.4 Å². The molecular formula is C13H19N5O3. The van der Waals surface area contributed by atoms with Crippen molar-refractivity contribution in [1.82, 2.24) is 10.2 Å². The molecule has 0 saturated carbocycles. The third kappa shape index (κ3) is 5.49. The molecule has 1 rings (SSSR count). The molecule has 21 heavy (non-hydrogen) atoms. The zero-order valence-corrected chi connectivity index (χ0v) is 11.7. The molecule has 1 unspecified atom stereocenters. The van der Waals surface area contributed by atoms with Crippen molar-refractivity contribution in [3.05, 3.63) is 29.8 Å². The first-order valence-corrected chi connectivity index (χ1v) is 6.26. The monoisotopic (exact) mass is 293 g/mol. The summed E-state index contributed by atoms with van der Waals surface area (Å²) >= 11 is 0. The Morgan fingerprint density at radius 3 is 2.48 bits per heavy atom. The highest BCUT2D eigenvalue weighted by Gasteiger charge is 2.23. The number of urea groups is 1. The molecule has 1 atom stereocenters. The molecule has 0 aliphatic carbocycles. The molecule has 1 aromatic carbocycles. The summed E-state index contributed by atoms with van der Waals surface area (Å²) in [6.45, 7) is 1.69. The lowest BCUT2D eigenvalue weighted by atomic mass is 10.1. The zero-order chi connectivity index (χ0) is 16.0. The van der Waals surface area contributed by atoms with Crippen LogP contribution in [0.5, 0.6) is 0 Å². The Balaban J connectivity index is 2.86. The third-order valence-electron chi connectivity index (χ3n) is 2.87. The first-order chi connectivity index (χ1) is 9.79. The largest absolute Gasteiger partial charge is 0.399 e. The number of amides is 4. The SMILES string of the molecule is CC(C(=O)NC(N)=O)N(CC(N)=O)Cc1cccc(N)c1. The van der Waals surface area contributed by atoms with Crippen LogP contribution in [0, 0.1) is 0 Å². The molecule has 0 fully saturated rings. The molecule has 0 aliphatic heterocycles. The minimum atomic E-state index is -0.949. The maximum absolute atomic E-state index is 11.8. The molecule has 0 heterocycles. The number of hydrogen-bond donors (Lipinski definition) is 4. The number of imide groups is 1. The van der Waals surface area contributed by atoms with Gasteiger partial charge < -0.3 is 17.2 Å². The summed E-state index contributed by atoms with van der Waals surface area (Å²) in [5.41, 5.74) is 17.2. The standard InChI is InChI=1S/C13H19N5O3/c1-8(12(20)17-13(16)21)18(7-11(15)19)6-9-3-2-4-10(14)5-9/h2-5,8H,6-7,14H2,1H3,(H2,15,19)(H3,16,17,20,21). The van der Waals surface area contributed by atoms with Gasteiger partial charge in [0.15, 0.2) is 0 Å². The van der Waals surface area contributed by atoms with Gasteiger partial charge in [-0.3, -0.25) is 19.8 Å². The van der Waals surface area contributed by atoms with E-state index >= 15 is 0 Å². The van der Waals surface area contributed by atoms with E-state index in [4.69, 9.17) is 17.2 Å². The van der Waals surface area contributed by atoms with Crippen LogP contribution in [0.1, 0.15) is 12.5 Å². The van der Waals surface area contributed by atoms with E-state index in [9.17, 15) is 14.4 Å². The zero-order valence-electron chi connectivity index (χ0n) is 11.7. The van der Waals surface area contributed by atoms with E-state index in [0.717, 1.165) is 5.56 Å². The van der Waals surface area contributed by atoms with Crippen molar-refractivity contribution in [2.24, 2.45) is 11.5 Å². The molecule has 8 heteroatoms. The van der Waals surface area contributed by atoms with Crippen molar-refractivity contribution in [1.29, 1.82) is 0 Å². The summed E-state index contributed by atoms with van der Waals surface area (Å²) in [4.78, 5) is 35.2. The average molecular weight is 293 g/mol. The molecule has 114 valence electrons. The van der Waals surface area contributed by atoms with Crippen LogP contribution < -0.4 is 22.5 Å². The number of benzene rings is 1. The van der Waals surface area contributed by atoms with Crippen LogP contribution in [0.3, 0.4) is 0 Å². The summed E-state index contributed by atoms with van der Waals surface area (Å²) in [5, 5.41) is 1.97. The van der Waals surface area contributed by atoms with Gasteiger partial charge in [-0.2, -0.15) is 0 Å². The van der Waals surface area contributed by atoms with Crippen molar-refractivity contribution < 1.29 is 14.4 Å². The van der Waals surface area contributed by atoms with Crippen LogP contribution >= 0.6 is 0 Å². The summed E-state index contributed by atoms with van der Waals surface area (Å²) in [5.74, 6) is -1.19. The second kappa shape index (κ2) is 7.25. The topological polar surface area (TPSA) is 145 Å². The Bertz CT molecular complexity index is 546. The Kier molecular flexibility index (Phi) is 5.67. The number of carbonyl (C=O) groups is 3. The van der Waals surface area contributed by atoms with E-state index in [0.29, 0.717) is 5.69 Å². The summed E-state index contributed by atoms with van der Waals surface area (Å²) in [6.07, 6.45) is 0. The van der Waals surface area contributed by atoms with Crippen LogP contribution in [0.2, 0.25) is 0 Å². The first-order valence-electron chi connectivity index (χ1n) is 6.26. The molecule has 0 spiro atoms. The lowest BCUT2D eigenvalue weighted by Crippen LogP contribution is -2.50. The van der Waals surface area contributed by atoms with Crippen LogP contribution in [-0.4, -0.2) is 35.3 Å². The number of nitrogens with one attached hydrogen (secondary N) is 1. The molecular weight excluding hydrogens is 274 g/mol. The molecule has 1 aromatic rings. The summed E-state index contributed by atoms with van der Waals surface area (Å²) < 4.78 is 0. The number of carbonyl (C=O) groups excluding carboxylic acids is 3. The van der Waals surface area contributed by atoms with Gasteiger partial charge in [-0.25, -0.2) is 4.79 Å². The van der Waals surface area contributed by atoms with E-state index in [2.05, 4.69) is 0 Å². The van der Waals surface area contributed by atoms with Crippen molar-refractivity contribution in [3.63, 3.8) is 0 Å². The summed E-state index contributed by atoms with van der Waals surface area (Å²) in [7, 11) is 0. The fourth-order valence-corrected chi connectivity index (χ4v) is 1.85. The fraction of sp³-hybridized carbons (Fsp3) is 0.308. The fourth-order valence-electron chi connectivity index (χ4n) is 1.85. The number of nitrogens with zero attached hydrogens (tertiary/aromatic N) is 1. The average Bonchev–Trinajstić information content (AvgIpc) is 2.35. The Morgan fingerprint density at radius 2 is 1.95 bits per heavy atom. The summed E-state index contributed by atoms with van der Waals surface area (Å²) in [6, 6.07) is 5.32. The minimum Gasteiger partial charge on any atom is -0.399 e. The maximum Gasteiger partial charge on any atom is 0.318 e. The minimum absolute atomic E-state index is 0.137. The third-order valence-corrected chi connectivity index (χ3v) is 2.87. The van der Waals surface area contributed by atoms with Crippen LogP contribution in [-0.2, 0) is 16.1 Å². The van der Waals surface area contributed by atoms with Crippen molar-refractivity contribution in [3.8, 4) is 0 Å². The number of anilines is 1. The smallest absolute Gasteiger partial charge is 0.318 e. The van der Waals surface area contributed by atoms with Gasteiger partial charge in [0.1, 0.15) is 0 Å². The van der Waals surface area contributed by atoms with Gasteiger partial charge in [-0.1, -0.05) is 12.1 Å². The number of primary amides is 2. The molecule has 0 radical (unpaired) electrons. The van der Waals surface area contributed by atoms with E-state index in [1.54, 1.807) is 25.1 Å². The van der Waals surface area contributed by atoms with Gasteiger partial charge in [-0.15, -0.1) is 0 Å². The second-order valence-corrected chi connectivity index (χ2v) is 4.65. The quantitative estimate of drug-likeness (QED) is 0.504. The lowest BCUT2D eigenvalue weighted by Gasteiger charge is -2.26. The second-order valence-electron chi connectivity index (χ2n) is 4.65. The van der Waals surface area contributed by atoms with E-state index in [-0.39, 0.29) is 13.1 Å². The molecule has 0 bridgehead atoms. The van der Waals surface area contributed by atoms with E-state index < -0.39 is 23.9 Å². The predicted octanol–water partition coefficient (Wildman–Crippen LogP) is -0.860. The molecule has 8 nitrogen and oxygen atoms in total.